The van der Waals surface area contributed by atoms with E-state index in [9.17, 15) is 13.6 Å². The van der Waals surface area contributed by atoms with E-state index < -0.39 is 5.92 Å². The molecule has 0 saturated heterocycles. The first-order valence-corrected chi connectivity index (χ1v) is 11.2. The lowest BCUT2D eigenvalue weighted by atomic mass is 10.1. The molecule has 5 rings (SSSR count). The molecule has 4 aromatic rings. The standard InChI is InChI=1S/C25H17ClF2N2OS/c1-25(27,28)16-5-4-6-18(13-16)29-23-20-7-2-3-8-21(20)30(24(23)31)14-19-12-15-11-17(26)9-10-22(15)32-19/h2-13H,14H2,1H3. The molecule has 160 valence electrons. The second-order valence-corrected chi connectivity index (χ2v) is 9.31. The molecule has 0 radical (unpaired) electrons. The molecule has 1 aliphatic heterocycles. The van der Waals surface area contributed by atoms with Crippen LogP contribution in [0.2, 0.25) is 5.02 Å². The van der Waals surface area contributed by atoms with Crippen LogP contribution >= 0.6 is 22.9 Å². The van der Waals surface area contributed by atoms with Crippen LogP contribution in [0.5, 0.6) is 0 Å². The topological polar surface area (TPSA) is 32.7 Å². The Hall–Kier alpha value is -3.09. The third-order valence-electron chi connectivity index (χ3n) is 5.33. The largest absolute Gasteiger partial charge is 0.301 e. The number of rotatable bonds is 4. The number of fused-ring (bicyclic) bond motifs is 2. The Morgan fingerprint density at radius 2 is 1.84 bits per heavy atom. The van der Waals surface area contributed by atoms with E-state index in [1.54, 1.807) is 22.3 Å². The maximum Gasteiger partial charge on any atom is 0.277 e. The predicted octanol–water partition coefficient (Wildman–Crippen LogP) is 7.33. The number of carbonyl (C=O) groups excluding carboxylic acids is 1. The van der Waals surface area contributed by atoms with Crippen molar-refractivity contribution in [3.05, 3.63) is 93.8 Å². The van der Waals surface area contributed by atoms with Crippen molar-refractivity contribution in [3.8, 4) is 0 Å². The Labute approximate surface area is 192 Å². The van der Waals surface area contributed by atoms with Gasteiger partial charge in [0.05, 0.1) is 17.9 Å². The van der Waals surface area contributed by atoms with Crippen LogP contribution in [-0.4, -0.2) is 11.6 Å². The monoisotopic (exact) mass is 466 g/mol. The highest BCUT2D eigenvalue weighted by atomic mass is 35.5. The van der Waals surface area contributed by atoms with Gasteiger partial charge in [0.1, 0.15) is 5.71 Å². The second-order valence-electron chi connectivity index (χ2n) is 7.70. The zero-order valence-corrected chi connectivity index (χ0v) is 18.6. The number of halogens is 3. The van der Waals surface area contributed by atoms with Crippen molar-refractivity contribution in [2.75, 3.05) is 4.90 Å². The molecule has 0 saturated carbocycles. The van der Waals surface area contributed by atoms with Gasteiger partial charge in [0.2, 0.25) is 0 Å². The van der Waals surface area contributed by atoms with Crippen LogP contribution in [0.25, 0.3) is 10.1 Å². The van der Waals surface area contributed by atoms with E-state index in [1.807, 2.05) is 48.5 Å². The molecule has 1 aliphatic rings. The molecule has 0 fully saturated rings. The molecular formula is C25H17ClF2N2OS. The summed E-state index contributed by atoms with van der Waals surface area (Å²) in [6.07, 6.45) is 0. The number of hydrogen-bond acceptors (Lipinski definition) is 3. The Morgan fingerprint density at radius 1 is 1.03 bits per heavy atom. The van der Waals surface area contributed by atoms with Crippen LogP contribution in [0.15, 0.2) is 77.8 Å². The minimum atomic E-state index is -2.98. The minimum Gasteiger partial charge on any atom is -0.301 e. The molecule has 1 amide bonds. The van der Waals surface area contributed by atoms with Gasteiger partial charge in [-0.1, -0.05) is 41.9 Å². The lowest BCUT2D eigenvalue weighted by Gasteiger charge is -2.15. The Kier molecular flexibility index (Phi) is 5.07. The summed E-state index contributed by atoms with van der Waals surface area (Å²) in [5, 5.41) is 1.70. The number of para-hydroxylation sites is 1. The fourth-order valence-corrected chi connectivity index (χ4v) is 5.02. The number of nitrogens with zero attached hydrogens (tertiary/aromatic N) is 2. The minimum absolute atomic E-state index is 0.140. The van der Waals surface area contributed by atoms with Gasteiger partial charge in [-0.2, -0.15) is 0 Å². The SMILES string of the molecule is CC(F)(F)c1cccc(N=C2C(=O)N(Cc3cc4cc(Cl)ccc4s3)c3ccccc32)c1. The van der Waals surface area contributed by atoms with Gasteiger partial charge < -0.3 is 4.90 Å². The second kappa shape index (κ2) is 7.80. The zero-order valence-electron chi connectivity index (χ0n) is 17.0. The lowest BCUT2D eigenvalue weighted by Crippen LogP contribution is -2.29. The number of amides is 1. The van der Waals surface area contributed by atoms with Crippen molar-refractivity contribution in [3.63, 3.8) is 0 Å². The molecule has 0 bridgehead atoms. The summed E-state index contributed by atoms with van der Waals surface area (Å²) in [7, 11) is 0. The summed E-state index contributed by atoms with van der Waals surface area (Å²) < 4.78 is 28.6. The number of benzene rings is 3. The van der Waals surface area contributed by atoms with Gasteiger partial charge in [-0.15, -0.1) is 11.3 Å². The Balaban J connectivity index is 1.53. The van der Waals surface area contributed by atoms with E-state index in [4.69, 9.17) is 11.6 Å². The van der Waals surface area contributed by atoms with Crippen LogP contribution in [0.3, 0.4) is 0 Å². The van der Waals surface area contributed by atoms with E-state index in [1.165, 1.54) is 18.2 Å². The fourth-order valence-electron chi connectivity index (χ4n) is 3.81. The first-order valence-electron chi connectivity index (χ1n) is 9.96. The van der Waals surface area contributed by atoms with Crippen molar-refractivity contribution >= 4 is 56.0 Å². The zero-order chi connectivity index (χ0) is 22.5. The molecule has 1 aromatic heterocycles. The van der Waals surface area contributed by atoms with Crippen LogP contribution in [0, 0.1) is 0 Å². The summed E-state index contributed by atoms with van der Waals surface area (Å²) >= 11 is 7.70. The lowest BCUT2D eigenvalue weighted by molar-refractivity contribution is -0.112. The molecule has 0 N–H and O–H groups in total. The smallest absolute Gasteiger partial charge is 0.277 e. The van der Waals surface area contributed by atoms with Crippen molar-refractivity contribution < 1.29 is 13.6 Å². The van der Waals surface area contributed by atoms with E-state index >= 15 is 0 Å². The number of aliphatic imine (C=N–C) groups is 1. The van der Waals surface area contributed by atoms with Crippen LogP contribution in [-0.2, 0) is 17.3 Å². The number of hydrogen-bond donors (Lipinski definition) is 0. The highest BCUT2D eigenvalue weighted by Gasteiger charge is 2.34. The number of carbonyl (C=O) groups is 1. The quantitative estimate of drug-likeness (QED) is 0.310. The maximum atomic E-state index is 13.8. The molecule has 3 nitrogen and oxygen atoms in total. The normalized spacial score (nSPS) is 15.1. The summed E-state index contributed by atoms with van der Waals surface area (Å²) in [5.74, 6) is -3.24. The average molecular weight is 467 g/mol. The number of alkyl halides is 2. The van der Waals surface area contributed by atoms with Crippen molar-refractivity contribution in [1.82, 2.24) is 0 Å². The molecule has 0 aliphatic carbocycles. The summed E-state index contributed by atoms with van der Waals surface area (Å²) in [4.78, 5) is 20.5. The van der Waals surface area contributed by atoms with Crippen LogP contribution < -0.4 is 4.90 Å². The molecule has 2 heterocycles. The third-order valence-corrected chi connectivity index (χ3v) is 6.67. The van der Waals surface area contributed by atoms with Gasteiger partial charge in [-0.25, -0.2) is 13.8 Å². The van der Waals surface area contributed by atoms with Crippen LogP contribution in [0.1, 0.15) is 22.9 Å². The van der Waals surface area contributed by atoms with E-state index in [2.05, 4.69) is 4.99 Å². The molecule has 7 heteroatoms. The Bertz CT molecular complexity index is 1390. The van der Waals surface area contributed by atoms with Gasteiger partial charge in [-0.3, -0.25) is 4.79 Å². The van der Waals surface area contributed by atoms with Crippen molar-refractivity contribution in [2.45, 2.75) is 19.4 Å². The average Bonchev–Trinajstić information content (AvgIpc) is 3.27. The maximum absolute atomic E-state index is 13.8. The number of thiophene rings is 1. The number of anilines is 1. The molecule has 0 atom stereocenters. The highest BCUT2D eigenvalue weighted by molar-refractivity contribution is 7.19. The van der Waals surface area contributed by atoms with Crippen molar-refractivity contribution in [1.29, 1.82) is 0 Å². The van der Waals surface area contributed by atoms with Gasteiger partial charge in [0.25, 0.3) is 11.8 Å². The molecular weight excluding hydrogens is 450 g/mol. The van der Waals surface area contributed by atoms with E-state index in [-0.39, 0.29) is 17.2 Å². The first kappa shape index (κ1) is 20.8. The van der Waals surface area contributed by atoms with E-state index in [0.717, 1.165) is 27.6 Å². The fraction of sp³-hybridized carbons (Fsp3) is 0.120. The molecule has 0 spiro atoms. The summed E-state index contributed by atoms with van der Waals surface area (Å²) in [5.41, 5.74) is 1.87. The van der Waals surface area contributed by atoms with Crippen LogP contribution in [0.4, 0.5) is 20.2 Å². The summed E-state index contributed by atoms with van der Waals surface area (Å²) in [6, 6.07) is 21.0. The third kappa shape index (κ3) is 3.80. The van der Waals surface area contributed by atoms with Crippen molar-refractivity contribution in [2.24, 2.45) is 4.99 Å². The highest BCUT2D eigenvalue weighted by Crippen LogP contribution is 2.36. The van der Waals surface area contributed by atoms with Gasteiger partial charge in [-0.05, 0) is 47.9 Å². The van der Waals surface area contributed by atoms with Gasteiger partial charge >= 0.3 is 0 Å². The molecule has 3 aromatic carbocycles. The van der Waals surface area contributed by atoms with Gasteiger partial charge in [0.15, 0.2) is 0 Å². The summed E-state index contributed by atoms with van der Waals surface area (Å²) in [6.45, 7) is 1.23. The van der Waals surface area contributed by atoms with E-state index in [0.29, 0.717) is 22.8 Å². The molecule has 0 unspecified atom stereocenters. The molecule has 32 heavy (non-hydrogen) atoms. The predicted molar refractivity (Wildman–Crippen MR) is 127 cm³/mol. The Morgan fingerprint density at radius 3 is 2.66 bits per heavy atom. The van der Waals surface area contributed by atoms with Gasteiger partial charge in [0, 0.05) is 32.7 Å². The first-order chi connectivity index (χ1) is 15.3.